The van der Waals surface area contributed by atoms with Gasteiger partial charge in [0, 0.05) is 11.8 Å². The Morgan fingerprint density at radius 1 is 1.31 bits per heavy atom. The minimum absolute atomic E-state index is 0.168. The maximum atomic E-state index is 10.7. The zero-order chi connectivity index (χ0) is 12.1. The number of phenols is 1. The average molecular weight is 223 g/mol. The highest BCUT2D eigenvalue weighted by Crippen LogP contribution is 2.20. The summed E-state index contributed by atoms with van der Waals surface area (Å²) in [6.45, 7) is -0.434. The molecule has 0 aromatic heterocycles. The average Bonchev–Trinajstić information content (AvgIpc) is 2.19. The van der Waals surface area contributed by atoms with Gasteiger partial charge in [-0.15, -0.1) is 0 Å². The van der Waals surface area contributed by atoms with Crippen LogP contribution in [-0.2, 0) is 4.79 Å². The lowest BCUT2D eigenvalue weighted by Crippen LogP contribution is -2.01. The van der Waals surface area contributed by atoms with Crippen LogP contribution in [0.1, 0.15) is 15.9 Å². The number of aliphatic imine (C=N–C) groups is 1. The molecule has 1 aromatic rings. The summed E-state index contributed by atoms with van der Waals surface area (Å²) in [6.07, 6.45) is 1.12. The molecule has 0 aliphatic carbocycles. The lowest BCUT2D eigenvalue weighted by Gasteiger charge is -2.01. The van der Waals surface area contributed by atoms with Crippen LogP contribution in [0.4, 0.5) is 0 Å². The van der Waals surface area contributed by atoms with E-state index in [4.69, 9.17) is 10.2 Å². The molecule has 1 rings (SSSR count). The minimum atomic E-state index is -1.26. The summed E-state index contributed by atoms with van der Waals surface area (Å²) in [5, 5.41) is 26.5. The van der Waals surface area contributed by atoms with Crippen LogP contribution in [-0.4, -0.2) is 40.0 Å². The van der Waals surface area contributed by atoms with Crippen molar-refractivity contribution in [3.05, 3.63) is 29.3 Å². The molecule has 0 aliphatic rings. The molecule has 0 saturated heterocycles. The molecule has 6 nitrogen and oxygen atoms in total. The van der Waals surface area contributed by atoms with Crippen molar-refractivity contribution >= 4 is 18.2 Å². The molecule has 0 spiro atoms. The highest BCUT2D eigenvalue weighted by atomic mass is 16.4. The van der Waals surface area contributed by atoms with E-state index in [1.54, 1.807) is 0 Å². The Balaban J connectivity index is 2.97. The van der Waals surface area contributed by atoms with Crippen molar-refractivity contribution < 1.29 is 24.9 Å². The number of benzene rings is 1. The summed E-state index contributed by atoms with van der Waals surface area (Å²) in [5.41, 5.74) is -0.0829. The molecule has 1 aromatic carbocycles. The summed E-state index contributed by atoms with van der Waals surface area (Å²) in [4.78, 5) is 24.4. The van der Waals surface area contributed by atoms with Crippen molar-refractivity contribution in [3.63, 3.8) is 0 Å². The fraction of sp³-hybridized carbons (Fsp3) is 0.100. The molecule has 0 unspecified atom stereocenters. The van der Waals surface area contributed by atoms with Gasteiger partial charge in [-0.05, 0) is 12.1 Å². The Morgan fingerprint density at radius 3 is 2.56 bits per heavy atom. The van der Waals surface area contributed by atoms with Gasteiger partial charge in [-0.2, -0.15) is 0 Å². The van der Waals surface area contributed by atoms with Crippen LogP contribution >= 0.6 is 0 Å². The third-order valence-electron chi connectivity index (χ3n) is 1.75. The SMILES string of the molecule is O=C(O)CN=Cc1cccc(C(=O)O)c1O. The van der Waals surface area contributed by atoms with E-state index in [-0.39, 0.29) is 11.1 Å². The van der Waals surface area contributed by atoms with Gasteiger partial charge in [0.15, 0.2) is 0 Å². The number of carboxylic acid groups (broad SMARTS) is 2. The van der Waals surface area contributed by atoms with E-state index < -0.39 is 24.2 Å². The van der Waals surface area contributed by atoms with E-state index >= 15 is 0 Å². The van der Waals surface area contributed by atoms with E-state index in [9.17, 15) is 14.7 Å². The van der Waals surface area contributed by atoms with Gasteiger partial charge >= 0.3 is 11.9 Å². The Hall–Kier alpha value is -2.37. The molecule has 6 heteroatoms. The zero-order valence-corrected chi connectivity index (χ0v) is 8.12. The third kappa shape index (κ3) is 2.81. The monoisotopic (exact) mass is 223 g/mol. The number of carbonyl (C=O) groups is 2. The predicted molar refractivity (Wildman–Crippen MR) is 55.2 cm³/mol. The number of aromatic hydroxyl groups is 1. The number of hydrogen-bond acceptors (Lipinski definition) is 4. The molecule has 0 heterocycles. The van der Waals surface area contributed by atoms with Gasteiger partial charge in [-0.25, -0.2) is 4.79 Å². The number of aliphatic carboxylic acids is 1. The number of aromatic carboxylic acids is 1. The molecular weight excluding hydrogens is 214 g/mol. The lowest BCUT2D eigenvalue weighted by molar-refractivity contribution is -0.135. The van der Waals surface area contributed by atoms with Crippen molar-refractivity contribution in [1.29, 1.82) is 0 Å². The topological polar surface area (TPSA) is 107 Å². The molecule has 16 heavy (non-hydrogen) atoms. The number of hydrogen-bond donors (Lipinski definition) is 3. The van der Waals surface area contributed by atoms with E-state index in [1.165, 1.54) is 18.2 Å². The largest absolute Gasteiger partial charge is 0.506 e. The maximum absolute atomic E-state index is 10.7. The van der Waals surface area contributed by atoms with Crippen molar-refractivity contribution in [1.82, 2.24) is 0 Å². The third-order valence-corrected chi connectivity index (χ3v) is 1.75. The summed E-state index contributed by atoms with van der Waals surface area (Å²) in [6, 6.07) is 4.12. The smallest absolute Gasteiger partial charge is 0.339 e. The highest BCUT2D eigenvalue weighted by Gasteiger charge is 2.11. The standard InChI is InChI=1S/C10H9NO5/c12-8(13)5-11-4-6-2-1-3-7(9(6)14)10(15)16/h1-4,14H,5H2,(H,12,13)(H,15,16). The second-order valence-electron chi connectivity index (χ2n) is 2.91. The van der Waals surface area contributed by atoms with Gasteiger partial charge in [0.1, 0.15) is 17.9 Å². The molecule has 0 saturated carbocycles. The lowest BCUT2D eigenvalue weighted by atomic mass is 10.1. The molecule has 0 amide bonds. The van der Waals surface area contributed by atoms with Crippen LogP contribution in [0.5, 0.6) is 5.75 Å². The van der Waals surface area contributed by atoms with E-state index in [0.29, 0.717) is 0 Å². The molecule has 0 radical (unpaired) electrons. The van der Waals surface area contributed by atoms with Crippen LogP contribution in [0.15, 0.2) is 23.2 Å². The number of para-hydroxylation sites is 1. The molecule has 0 fully saturated rings. The quantitative estimate of drug-likeness (QED) is 0.647. The minimum Gasteiger partial charge on any atom is -0.506 e. The summed E-state index contributed by atoms with van der Waals surface area (Å²) < 4.78 is 0. The van der Waals surface area contributed by atoms with Crippen molar-refractivity contribution in [2.75, 3.05) is 6.54 Å². The Bertz CT molecular complexity index is 453. The maximum Gasteiger partial charge on any atom is 0.339 e. The van der Waals surface area contributed by atoms with Gasteiger partial charge in [0.25, 0.3) is 0 Å². The van der Waals surface area contributed by atoms with Crippen LogP contribution < -0.4 is 0 Å². The normalized spacial score (nSPS) is 10.5. The van der Waals surface area contributed by atoms with Gasteiger partial charge in [-0.3, -0.25) is 9.79 Å². The molecule has 0 atom stereocenters. The molecule has 3 N–H and O–H groups in total. The van der Waals surface area contributed by atoms with Gasteiger partial charge in [0.2, 0.25) is 0 Å². The van der Waals surface area contributed by atoms with Gasteiger partial charge < -0.3 is 15.3 Å². The number of nitrogens with zero attached hydrogens (tertiary/aromatic N) is 1. The predicted octanol–water partition coefficient (Wildman–Crippen LogP) is 0.594. The van der Waals surface area contributed by atoms with E-state index in [2.05, 4.69) is 4.99 Å². The first-order valence-electron chi connectivity index (χ1n) is 4.29. The molecule has 0 bridgehead atoms. The van der Waals surface area contributed by atoms with Crippen LogP contribution in [0.2, 0.25) is 0 Å². The highest BCUT2D eigenvalue weighted by molar-refractivity contribution is 5.96. The summed E-state index contributed by atoms with van der Waals surface area (Å²) >= 11 is 0. The van der Waals surface area contributed by atoms with Gasteiger partial charge in [-0.1, -0.05) is 6.07 Å². The van der Waals surface area contributed by atoms with Crippen molar-refractivity contribution in [3.8, 4) is 5.75 Å². The van der Waals surface area contributed by atoms with Crippen LogP contribution in [0.3, 0.4) is 0 Å². The van der Waals surface area contributed by atoms with E-state index in [0.717, 1.165) is 6.21 Å². The van der Waals surface area contributed by atoms with Crippen LogP contribution in [0, 0.1) is 0 Å². The fourth-order valence-corrected chi connectivity index (χ4v) is 1.06. The number of carboxylic acids is 2. The van der Waals surface area contributed by atoms with Crippen LogP contribution in [0.25, 0.3) is 0 Å². The van der Waals surface area contributed by atoms with E-state index in [1.807, 2.05) is 0 Å². The molecule has 84 valence electrons. The van der Waals surface area contributed by atoms with Crippen molar-refractivity contribution in [2.45, 2.75) is 0 Å². The zero-order valence-electron chi connectivity index (χ0n) is 8.12. The van der Waals surface area contributed by atoms with Crippen molar-refractivity contribution in [2.24, 2.45) is 4.99 Å². The first kappa shape index (κ1) is 11.7. The molecule has 0 aliphatic heterocycles. The number of rotatable bonds is 4. The summed E-state index contributed by atoms with van der Waals surface area (Å²) in [7, 11) is 0. The Kier molecular flexibility index (Phi) is 3.60. The summed E-state index contributed by atoms with van der Waals surface area (Å²) in [5.74, 6) is -2.79. The second kappa shape index (κ2) is 4.92. The first-order valence-corrected chi connectivity index (χ1v) is 4.29. The molecular formula is C10H9NO5. The Morgan fingerprint density at radius 2 is 2.00 bits per heavy atom. The Labute approximate surface area is 90.5 Å². The second-order valence-corrected chi connectivity index (χ2v) is 2.91. The van der Waals surface area contributed by atoms with Gasteiger partial charge in [0.05, 0.1) is 0 Å². The first-order chi connectivity index (χ1) is 7.52. The fourth-order valence-electron chi connectivity index (χ4n) is 1.06.